The minimum absolute atomic E-state index is 0.832. The van der Waals surface area contributed by atoms with Crippen molar-refractivity contribution in [3.8, 4) is 0 Å². The van der Waals surface area contributed by atoms with Crippen LogP contribution in [0.15, 0.2) is 97.1 Å². The van der Waals surface area contributed by atoms with Gasteiger partial charge in [-0.3, -0.25) is 0 Å². The molecule has 4 N–H and O–H groups in total. The molecule has 0 amide bonds. The molecule has 0 saturated heterocycles. The van der Waals surface area contributed by atoms with Crippen molar-refractivity contribution in [2.45, 2.75) is 122 Å². The van der Waals surface area contributed by atoms with E-state index in [0.717, 1.165) is 24.2 Å². The number of benzene rings is 4. The molecule has 0 radical (unpaired) electrons. The Hall–Kier alpha value is -3.52. The monoisotopic (exact) mass is 602 g/mol. The van der Waals surface area contributed by atoms with Gasteiger partial charge >= 0.3 is 0 Å². The van der Waals surface area contributed by atoms with Gasteiger partial charge < -0.3 is 11.5 Å². The summed E-state index contributed by atoms with van der Waals surface area (Å²) in [7, 11) is 0. The van der Waals surface area contributed by atoms with E-state index >= 15 is 0 Å². The lowest BCUT2D eigenvalue weighted by molar-refractivity contribution is 0.530. The minimum Gasteiger partial charge on any atom is -0.399 e. The van der Waals surface area contributed by atoms with E-state index in [-0.39, 0.29) is 0 Å². The molecule has 0 bridgehead atoms. The number of nitrogens with two attached hydrogens (primary N) is 2. The molecule has 0 saturated carbocycles. The van der Waals surface area contributed by atoms with Crippen LogP contribution in [0.4, 0.5) is 11.4 Å². The van der Waals surface area contributed by atoms with Crippen LogP contribution in [-0.2, 0) is 25.7 Å². The summed E-state index contributed by atoms with van der Waals surface area (Å²) in [6, 6.07) is 34.9. The third-order valence-corrected chi connectivity index (χ3v) is 9.25. The zero-order valence-corrected chi connectivity index (χ0v) is 27.8. The van der Waals surface area contributed by atoms with Crippen LogP contribution in [0.5, 0.6) is 0 Å². The van der Waals surface area contributed by atoms with Crippen molar-refractivity contribution in [2.75, 3.05) is 11.5 Å². The Morgan fingerprint density at radius 2 is 0.444 bits per heavy atom. The Balaban J connectivity index is 0.888. The maximum Gasteiger partial charge on any atom is 0.0314 e. The first kappa shape index (κ1) is 34.4. The van der Waals surface area contributed by atoms with Crippen LogP contribution in [0.25, 0.3) is 0 Å². The molecule has 0 spiro atoms. The van der Waals surface area contributed by atoms with E-state index in [1.54, 1.807) is 0 Å². The summed E-state index contributed by atoms with van der Waals surface area (Å²) < 4.78 is 0. The molecule has 2 nitrogen and oxygen atoms in total. The molecule has 0 aliphatic heterocycles. The normalized spacial score (nSPS) is 11.2. The predicted octanol–water partition coefficient (Wildman–Crippen LogP) is 11.7. The average molecular weight is 603 g/mol. The lowest BCUT2D eigenvalue weighted by Gasteiger charge is -2.06. The van der Waals surface area contributed by atoms with Crippen molar-refractivity contribution in [3.05, 3.63) is 130 Å². The van der Waals surface area contributed by atoms with E-state index in [9.17, 15) is 0 Å². The summed E-state index contributed by atoms with van der Waals surface area (Å²) in [6.07, 6.45) is 25.3. The Kier molecular flexibility index (Phi) is 15.6. The van der Waals surface area contributed by atoms with E-state index in [4.69, 9.17) is 11.5 Å². The van der Waals surface area contributed by atoms with Gasteiger partial charge in [0.1, 0.15) is 0 Å². The number of nitrogen functional groups attached to an aromatic ring is 2. The highest BCUT2D eigenvalue weighted by molar-refractivity contribution is 5.41. The first-order valence-electron chi connectivity index (χ1n) is 18.0. The van der Waals surface area contributed by atoms with Crippen LogP contribution in [0, 0.1) is 0 Å². The molecule has 0 aliphatic rings. The van der Waals surface area contributed by atoms with Gasteiger partial charge in [0.2, 0.25) is 0 Å². The van der Waals surface area contributed by atoms with Gasteiger partial charge in [-0.25, -0.2) is 0 Å². The molecule has 0 fully saturated rings. The zero-order chi connectivity index (χ0) is 31.4. The molecular weight excluding hydrogens is 544 g/mol. The number of unbranched alkanes of at least 4 members (excludes halogenated alkanes) is 14. The average Bonchev–Trinajstić information content (AvgIpc) is 3.06. The second kappa shape index (κ2) is 20.5. The fourth-order valence-corrected chi connectivity index (χ4v) is 6.35. The fraction of sp³-hybridized carbons (Fsp3) is 0.442. The Labute approximate surface area is 274 Å². The lowest BCUT2D eigenvalue weighted by Crippen LogP contribution is -1.91. The molecular formula is C43H58N2. The van der Waals surface area contributed by atoms with Crippen LogP contribution in [0.3, 0.4) is 0 Å². The first-order valence-corrected chi connectivity index (χ1v) is 18.0. The van der Waals surface area contributed by atoms with Gasteiger partial charge in [0, 0.05) is 11.4 Å². The lowest BCUT2D eigenvalue weighted by atomic mass is 10.00. The van der Waals surface area contributed by atoms with Gasteiger partial charge in [-0.2, -0.15) is 0 Å². The highest BCUT2D eigenvalue weighted by atomic mass is 14.5. The van der Waals surface area contributed by atoms with Crippen LogP contribution < -0.4 is 11.5 Å². The number of hydrogen-bond acceptors (Lipinski definition) is 2. The van der Waals surface area contributed by atoms with Gasteiger partial charge in [0.15, 0.2) is 0 Å². The van der Waals surface area contributed by atoms with Gasteiger partial charge in [-0.1, -0.05) is 156 Å². The Morgan fingerprint density at radius 3 is 0.711 bits per heavy atom. The maximum absolute atomic E-state index is 5.80. The van der Waals surface area contributed by atoms with E-state index in [2.05, 4.69) is 72.8 Å². The summed E-state index contributed by atoms with van der Waals surface area (Å²) in [5, 5.41) is 0. The van der Waals surface area contributed by atoms with Crippen molar-refractivity contribution in [1.29, 1.82) is 0 Å². The van der Waals surface area contributed by atoms with Crippen LogP contribution in [0.1, 0.15) is 130 Å². The highest BCUT2D eigenvalue weighted by Crippen LogP contribution is 2.18. The maximum atomic E-state index is 5.80. The number of aryl methyl sites for hydroxylation is 2. The SMILES string of the molecule is Nc1ccc(Cc2ccc(CCCCCCCCCCCCCCCCCc3ccc(Cc4ccc(N)cc4)cc3)cc2)cc1. The quantitative estimate of drug-likeness (QED) is 0.0694. The van der Waals surface area contributed by atoms with Gasteiger partial charge in [-0.05, 0) is 96.2 Å². The zero-order valence-electron chi connectivity index (χ0n) is 27.8. The number of rotatable bonds is 22. The molecule has 0 aliphatic carbocycles. The second-order valence-corrected chi connectivity index (χ2v) is 13.3. The van der Waals surface area contributed by atoms with E-state index in [0.29, 0.717) is 0 Å². The van der Waals surface area contributed by atoms with Crippen LogP contribution in [-0.4, -0.2) is 0 Å². The molecule has 240 valence electrons. The number of anilines is 2. The molecule has 0 aromatic heterocycles. The minimum atomic E-state index is 0.832. The van der Waals surface area contributed by atoms with Crippen molar-refractivity contribution < 1.29 is 0 Å². The standard InChI is InChI=1S/C43H58N2/c44-42-30-26-40(27-31-42)34-38-22-18-36(19-23-38)16-14-12-10-8-6-4-2-1-3-5-7-9-11-13-15-17-37-20-24-39(25-21-37)35-41-28-32-43(45)33-29-41/h18-33H,1-17,34-35,44-45H2. The molecule has 4 aromatic rings. The predicted molar refractivity (Wildman–Crippen MR) is 197 cm³/mol. The molecule has 0 atom stereocenters. The summed E-state index contributed by atoms with van der Waals surface area (Å²) in [4.78, 5) is 0. The first-order chi connectivity index (χ1) is 22.1. The summed E-state index contributed by atoms with van der Waals surface area (Å²) in [6.45, 7) is 0. The number of hydrogen-bond donors (Lipinski definition) is 2. The van der Waals surface area contributed by atoms with Crippen molar-refractivity contribution in [1.82, 2.24) is 0 Å². The van der Waals surface area contributed by atoms with E-state index < -0.39 is 0 Å². The van der Waals surface area contributed by atoms with Gasteiger partial charge in [0.05, 0.1) is 0 Å². The Bertz CT molecular complexity index is 1200. The molecule has 45 heavy (non-hydrogen) atoms. The smallest absolute Gasteiger partial charge is 0.0314 e. The second-order valence-electron chi connectivity index (χ2n) is 13.3. The fourth-order valence-electron chi connectivity index (χ4n) is 6.35. The Morgan fingerprint density at radius 1 is 0.244 bits per heavy atom. The molecule has 2 heteroatoms. The van der Waals surface area contributed by atoms with Crippen molar-refractivity contribution >= 4 is 11.4 Å². The van der Waals surface area contributed by atoms with Crippen LogP contribution in [0.2, 0.25) is 0 Å². The topological polar surface area (TPSA) is 52.0 Å². The summed E-state index contributed by atoms with van der Waals surface area (Å²) >= 11 is 0. The van der Waals surface area contributed by atoms with Crippen molar-refractivity contribution in [3.63, 3.8) is 0 Å². The third-order valence-electron chi connectivity index (χ3n) is 9.25. The summed E-state index contributed by atoms with van der Waals surface area (Å²) in [5.41, 5.74) is 21.6. The molecule has 4 rings (SSSR count). The van der Waals surface area contributed by atoms with Crippen LogP contribution >= 0.6 is 0 Å². The molecule has 0 heterocycles. The van der Waals surface area contributed by atoms with E-state index in [1.165, 1.54) is 143 Å². The third kappa shape index (κ3) is 14.4. The van der Waals surface area contributed by atoms with Gasteiger partial charge in [0.25, 0.3) is 0 Å². The largest absolute Gasteiger partial charge is 0.399 e. The summed E-state index contributed by atoms with van der Waals surface area (Å²) in [5.74, 6) is 0. The van der Waals surface area contributed by atoms with Gasteiger partial charge in [-0.15, -0.1) is 0 Å². The molecule has 4 aromatic carbocycles. The molecule has 0 unspecified atom stereocenters. The van der Waals surface area contributed by atoms with Crippen molar-refractivity contribution in [2.24, 2.45) is 0 Å². The van der Waals surface area contributed by atoms with E-state index in [1.807, 2.05) is 24.3 Å². The highest BCUT2D eigenvalue weighted by Gasteiger charge is 2.01.